The Bertz CT molecular complexity index is 1290. The molecule has 0 atom stereocenters. The average Bonchev–Trinajstić information content (AvgIpc) is 3.31. The predicted molar refractivity (Wildman–Crippen MR) is 132 cm³/mol. The van der Waals surface area contributed by atoms with Crippen LogP contribution in [0.4, 0.5) is 0 Å². The second-order valence-corrected chi connectivity index (χ2v) is 8.28. The van der Waals surface area contributed by atoms with E-state index in [0.29, 0.717) is 34.4 Å². The third-order valence-electron chi connectivity index (χ3n) is 5.05. The van der Waals surface area contributed by atoms with Crippen molar-refractivity contribution < 1.29 is 14.3 Å². The Hall–Kier alpha value is -3.61. The number of para-hydroxylation sites is 1. The number of nitrogens with zero attached hydrogens (tertiary/aromatic N) is 2. The maximum absolute atomic E-state index is 12.9. The molecule has 172 valence electrons. The Balaban J connectivity index is 1.41. The molecule has 6 nitrogen and oxygen atoms in total. The molecule has 0 unspecified atom stereocenters. The number of aromatic nitrogens is 2. The molecule has 34 heavy (non-hydrogen) atoms. The first-order valence-electron chi connectivity index (χ1n) is 10.6. The first-order chi connectivity index (χ1) is 16.5. The van der Waals surface area contributed by atoms with E-state index in [9.17, 15) is 9.59 Å². The molecule has 0 fully saturated rings. The van der Waals surface area contributed by atoms with Gasteiger partial charge in [-0.2, -0.15) is 5.10 Å². The van der Waals surface area contributed by atoms with Crippen LogP contribution >= 0.6 is 23.2 Å². The molecule has 0 aliphatic carbocycles. The van der Waals surface area contributed by atoms with Gasteiger partial charge in [-0.1, -0.05) is 77.8 Å². The Morgan fingerprint density at radius 1 is 0.912 bits per heavy atom. The highest BCUT2D eigenvalue weighted by Gasteiger charge is 2.20. The Kier molecular flexibility index (Phi) is 7.62. The van der Waals surface area contributed by atoms with Crippen LogP contribution in [-0.2, 0) is 16.0 Å². The van der Waals surface area contributed by atoms with Crippen LogP contribution in [0.2, 0.25) is 10.0 Å². The summed E-state index contributed by atoms with van der Waals surface area (Å²) in [7, 11) is 0. The summed E-state index contributed by atoms with van der Waals surface area (Å²) in [6.07, 6.45) is 0.525. The molecule has 4 aromatic rings. The van der Waals surface area contributed by atoms with E-state index >= 15 is 0 Å². The van der Waals surface area contributed by atoms with Crippen molar-refractivity contribution in [1.29, 1.82) is 0 Å². The molecule has 3 aromatic carbocycles. The molecule has 1 heterocycles. The number of carbonyl (C=O) groups excluding carboxylic acids is 2. The molecule has 0 bridgehead atoms. The number of benzene rings is 3. The van der Waals surface area contributed by atoms with Crippen LogP contribution in [0.15, 0.2) is 84.9 Å². The van der Waals surface area contributed by atoms with Crippen molar-refractivity contribution in [2.45, 2.75) is 6.42 Å². The zero-order valence-electron chi connectivity index (χ0n) is 18.1. The van der Waals surface area contributed by atoms with Gasteiger partial charge in [-0.15, -0.1) is 0 Å². The number of carbonyl (C=O) groups is 2. The lowest BCUT2D eigenvalue weighted by Crippen LogP contribution is -2.30. The SMILES string of the molecule is O=C(COC(=O)c1cc(-c2ccccc2)nn1-c1ccccc1)NCCc1ccc(Cl)cc1Cl. The van der Waals surface area contributed by atoms with Crippen molar-refractivity contribution >= 4 is 35.1 Å². The smallest absolute Gasteiger partial charge is 0.357 e. The van der Waals surface area contributed by atoms with Gasteiger partial charge >= 0.3 is 5.97 Å². The highest BCUT2D eigenvalue weighted by atomic mass is 35.5. The summed E-state index contributed by atoms with van der Waals surface area (Å²) >= 11 is 12.1. The van der Waals surface area contributed by atoms with Gasteiger partial charge in [0.15, 0.2) is 12.3 Å². The van der Waals surface area contributed by atoms with E-state index in [4.69, 9.17) is 27.9 Å². The van der Waals surface area contributed by atoms with Gasteiger partial charge in [0, 0.05) is 22.2 Å². The molecule has 0 aliphatic heterocycles. The second kappa shape index (κ2) is 11.0. The minimum Gasteiger partial charge on any atom is -0.451 e. The molecule has 0 saturated heterocycles. The number of hydrogen-bond donors (Lipinski definition) is 1. The lowest BCUT2D eigenvalue weighted by Gasteiger charge is -2.09. The maximum atomic E-state index is 12.9. The molecule has 1 N–H and O–H groups in total. The predicted octanol–water partition coefficient (Wildman–Crippen LogP) is 5.36. The Morgan fingerprint density at radius 2 is 1.62 bits per heavy atom. The summed E-state index contributed by atoms with van der Waals surface area (Å²) in [5.41, 5.74) is 3.29. The largest absolute Gasteiger partial charge is 0.451 e. The van der Waals surface area contributed by atoms with Crippen LogP contribution < -0.4 is 5.32 Å². The average molecular weight is 494 g/mol. The monoisotopic (exact) mass is 493 g/mol. The van der Waals surface area contributed by atoms with Crippen molar-refractivity contribution in [1.82, 2.24) is 15.1 Å². The summed E-state index contributed by atoms with van der Waals surface area (Å²) < 4.78 is 6.81. The van der Waals surface area contributed by atoms with Gasteiger partial charge in [0.2, 0.25) is 0 Å². The van der Waals surface area contributed by atoms with E-state index in [-0.39, 0.29) is 5.69 Å². The van der Waals surface area contributed by atoms with E-state index in [0.717, 1.165) is 11.1 Å². The van der Waals surface area contributed by atoms with Gasteiger partial charge in [0.25, 0.3) is 5.91 Å². The zero-order chi connectivity index (χ0) is 23.9. The summed E-state index contributed by atoms with van der Waals surface area (Å²) in [4.78, 5) is 25.1. The van der Waals surface area contributed by atoms with E-state index < -0.39 is 18.5 Å². The molecular weight excluding hydrogens is 473 g/mol. The highest BCUT2D eigenvalue weighted by molar-refractivity contribution is 6.35. The van der Waals surface area contributed by atoms with Crippen molar-refractivity contribution in [2.24, 2.45) is 0 Å². The molecule has 0 aliphatic rings. The first kappa shape index (κ1) is 23.5. The lowest BCUT2D eigenvalue weighted by molar-refractivity contribution is -0.124. The van der Waals surface area contributed by atoms with Crippen LogP contribution in [0.1, 0.15) is 16.1 Å². The lowest BCUT2D eigenvalue weighted by atomic mass is 10.1. The normalized spacial score (nSPS) is 10.6. The van der Waals surface area contributed by atoms with Crippen LogP contribution in [0.3, 0.4) is 0 Å². The van der Waals surface area contributed by atoms with Crippen LogP contribution in [0.25, 0.3) is 16.9 Å². The standard InChI is InChI=1S/C26H21Cl2N3O3/c27-20-12-11-18(22(28)15-20)13-14-29-25(32)17-34-26(33)24-16-23(19-7-3-1-4-8-19)30-31(24)21-9-5-2-6-10-21/h1-12,15-16H,13-14,17H2,(H,29,32). The minimum atomic E-state index is -0.644. The van der Waals surface area contributed by atoms with Crippen LogP contribution in [0.5, 0.6) is 0 Å². The molecule has 1 amide bonds. The van der Waals surface area contributed by atoms with Crippen LogP contribution in [0, 0.1) is 0 Å². The Labute approximate surface area is 207 Å². The van der Waals surface area contributed by atoms with Crippen molar-refractivity contribution in [2.75, 3.05) is 13.2 Å². The number of ether oxygens (including phenoxy) is 1. The highest BCUT2D eigenvalue weighted by Crippen LogP contribution is 2.23. The number of rotatable bonds is 8. The van der Waals surface area contributed by atoms with Gasteiger partial charge in [-0.25, -0.2) is 9.48 Å². The van der Waals surface area contributed by atoms with Gasteiger partial charge < -0.3 is 10.1 Å². The molecule has 1 aromatic heterocycles. The quantitative estimate of drug-likeness (QED) is 0.335. The third kappa shape index (κ3) is 5.84. The Morgan fingerprint density at radius 3 is 2.32 bits per heavy atom. The van der Waals surface area contributed by atoms with Crippen molar-refractivity contribution in [3.05, 3.63) is 106 Å². The second-order valence-electron chi connectivity index (χ2n) is 7.44. The summed E-state index contributed by atoms with van der Waals surface area (Å²) in [5.74, 6) is -1.05. The van der Waals surface area contributed by atoms with Gasteiger partial charge in [0.1, 0.15) is 0 Å². The maximum Gasteiger partial charge on any atom is 0.357 e. The number of halogens is 2. The van der Waals surface area contributed by atoms with E-state index in [1.54, 1.807) is 18.2 Å². The van der Waals surface area contributed by atoms with Gasteiger partial charge in [-0.05, 0) is 42.3 Å². The molecule has 8 heteroatoms. The van der Waals surface area contributed by atoms with Gasteiger partial charge in [-0.3, -0.25) is 4.79 Å². The topological polar surface area (TPSA) is 73.2 Å². The summed E-state index contributed by atoms with van der Waals surface area (Å²) in [6, 6.07) is 25.7. The van der Waals surface area contributed by atoms with Crippen LogP contribution in [-0.4, -0.2) is 34.8 Å². The molecule has 0 saturated carbocycles. The molecule has 0 radical (unpaired) electrons. The number of nitrogens with one attached hydrogen (secondary N) is 1. The van der Waals surface area contributed by atoms with Crippen molar-refractivity contribution in [3.63, 3.8) is 0 Å². The van der Waals surface area contributed by atoms with Gasteiger partial charge in [0.05, 0.1) is 11.4 Å². The third-order valence-corrected chi connectivity index (χ3v) is 5.64. The first-order valence-corrected chi connectivity index (χ1v) is 11.4. The van der Waals surface area contributed by atoms with E-state index in [1.165, 1.54) is 4.68 Å². The molecular formula is C26H21Cl2N3O3. The number of hydrogen-bond acceptors (Lipinski definition) is 4. The molecule has 4 rings (SSSR count). The zero-order valence-corrected chi connectivity index (χ0v) is 19.6. The fraction of sp³-hybridized carbons (Fsp3) is 0.115. The summed E-state index contributed by atoms with van der Waals surface area (Å²) in [5, 5.41) is 8.41. The fourth-order valence-electron chi connectivity index (χ4n) is 3.36. The number of esters is 1. The fourth-order valence-corrected chi connectivity index (χ4v) is 3.86. The molecule has 0 spiro atoms. The number of amides is 1. The van der Waals surface area contributed by atoms with E-state index in [1.807, 2.05) is 66.7 Å². The summed E-state index contributed by atoms with van der Waals surface area (Å²) in [6.45, 7) is -0.0638. The minimum absolute atomic E-state index is 0.228. The van der Waals surface area contributed by atoms with E-state index in [2.05, 4.69) is 10.4 Å². The van der Waals surface area contributed by atoms with Crippen molar-refractivity contribution in [3.8, 4) is 16.9 Å².